The second kappa shape index (κ2) is 8.17. The molecule has 0 heterocycles. The van der Waals surface area contributed by atoms with Gasteiger partial charge in [0.2, 0.25) is 0 Å². The van der Waals surface area contributed by atoms with Gasteiger partial charge < -0.3 is 15.7 Å². The lowest BCUT2D eigenvalue weighted by Gasteiger charge is -2.14. The van der Waals surface area contributed by atoms with E-state index in [4.69, 9.17) is 0 Å². The summed E-state index contributed by atoms with van der Waals surface area (Å²) in [4.78, 5) is 11.6. The summed E-state index contributed by atoms with van der Waals surface area (Å²) in [7, 11) is 0. The van der Waals surface area contributed by atoms with E-state index in [1.54, 1.807) is 6.92 Å². The molecule has 1 aromatic carbocycles. The molecule has 2 amide bonds. The summed E-state index contributed by atoms with van der Waals surface area (Å²) in [6.45, 7) is 4.83. The number of rotatable bonds is 6. The lowest BCUT2D eigenvalue weighted by molar-refractivity contribution is 0.163. The van der Waals surface area contributed by atoms with Crippen molar-refractivity contribution in [2.45, 2.75) is 32.9 Å². The van der Waals surface area contributed by atoms with Crippen molar-refractivity contribution in [3.8, 4) is 0 Å². The molecular formula is C14H21BrN2O2. The monoisotopic (exact) mass is 328 g/mol. The van der Waals surface area contributed by atoms with Gasteiger partial charge in [-0.05, 0) is 37.0 Å². The minimum absolute atomic E-state index is 0.180. The Morgan fingerprint density at radius 3 is 2.47 bits per heavy atom. The molecule has 2 atom stereocenters. The van der Waals surface area contributed by atoms with Crippen LogP contribution in [0.4, 0.5) is 4.79 Å². The zero-order valence-electron chi connectivity index (χ0n) is 11.3. The fourth-order valence-electron chi connectivity index (χ4n) is 1.78. The van der Waals surface area contributed by atoms with Crippen LogP contribution in [0.3, 0.4) is 0 Å². The van der Waals surface area contributed by atoms with E-state index in [1.165, 1.54) is 0 Å². The van der Waals surface area contributed by atoms with Crippen LogP contribution >= 0.6 is 15.9 Å². The van der Waals surface area contributed by atoms with Crippen molar-refractivity contribution in [2.24, 2.45) is 5.92 Å². The minimum atomic E-state index is -0.331. The lowest BCUT2D eigenvalue weighted by atomic mass is 10.1. The number of halogens is 1. The van der Waals surface area contributed by atoms with E-state index in [1.807, 2.05) is 31.2 Å². The molecule has 0 saturated heterocycles. The largest absolute Gasteiger partial charge is 0.393 e. The summed E-state index contributed by atoms with van der Waals surface area (Å²) < 4.78 is 1.02. The molecule has 0 aromatic heterocycles. The Morgan fingerprint density at radius 1 is 1.26 bits per heavy atom. The Kier molecular flexibility index (Phi) is 6.87. The number of hydrogen-bond acceptors (Lipinski definition) is 2. The van der Waals surface area contributed by atoms with Crippen LogP contribution in [0, 0.1) is 5.92 Å². The van der Waals surface area contributed by atoms with Crippen LogP contribution in [0.15, 0.2) is 28.7 Å². The molecule has 1 aromatic rings. The number of urea groups is 1. The molecule has 0 aliphatic heterocycles. The van der Waals surface area contributed by atoms with Crippen LogP contribution in [0.25, 0.3) is 0 Å². The van der Waals surface area contributed by atoms with Crippen LogP contribution in [-0.4, -0.2) is 23.8 Å². The van der Waals surface area contributed by atoms with E-state index in [0.29, 0.717) is 19.5 Å². The van der Waals surface area contributed by atoms with Crippen molar-refractivity contribution in [3.63, 3.8) is 0 Å². The van der Waals surface area contributed by atoms with Gasteiger partial charge in [-0.15, -0.1) is 0 Å². The summed E-state index contributed by atoms with van der Waals surface area (Å²) in [5.41, 5.74) is 1.05. The molecule has 1 rings (SSSR count). The maximum atomic E-state index is 11.6. The zero-order chi connectivity index (χ0) is 14.3. The van der Waals surface area contributed by atoms with Gasteiger partial charge >= 0.3 is 6.03 Å². The third-order valence-electron chi connectivity index (χ3n) is 2.72. The number of nitrogens with one attached hydrogen (secondary N) is 2. The smallest absolute Gasteiger partial charge is 0.315 e. The van der Waals surface area contributed by atoms with Crippen molar-refractivity contribution in [3.05, 3.63) is 34.3 Å². The standard InChI is InChI=1S/C14H21BrN2O2/c1-10(7-11(2)18)8-16-14(19)17-9-12-3-5-13(15)6-4-12/h3-6,10-11,18H,7-9H2,1-2H3,(H2,16,17,19). The molecule has 0 aliphatic carbocycles. The maximum Gasteiger partial charge on any atom is 0.315 e. The predicted octanol–water partition coefficient (Wildman–Crippen LogP) is 2.66. The van der Waals surface area contributed by atoms with Gasteiger partial charge in [0.25, 0.3) is 0 Å². The number of amides is 2. The van der Waals surface area contributed by atoms with E-state index in [0.717, 1.165) is 10.0 Å². The predicted molar refractivity (Wildman–Crippen MR) is 79.8 cm³/mol. The Balaban J connectivity index is 2.22. The number of hydrogen-bond donors (Lipinski definition) is 3. The van der Waals surface area contributed by atoms with E-state index in [9.17, 15) is 9.90 Å². The number of aliphatic hydroxyl groups is 1. The molecule has 4 nitrogen and oxygen atoms in total. The summed E-state index contributed by atoms with van der Waals surface area (Å²) >= 11 is 3.37. The van der Waals surface area contributed by atoms with Crippen LogP contribution in [-0.2, 0) is 6.54 Å². The topological polar surface area (TPSA) is 61.4 Å². The highest BCUT2D eigenvalue weighted by Gasteiger charge is 2.07. The van der Waals surface area contributed by atoms with Gasteiger partial charge in [0, 0.05) is 17.6 Å². The van der Waals surface area contributed by atoms with Crippen molar-refractivity contribution < 1.29 is 9.90 Å². The summed E-state index contributed by atoms with van der Waals surface area (Å²) in [5, 5.41) is 14.8. The van der Waals surface area contributed by atoms with Crippen molar-refractivity contribution in [2.75, 3.05) is 6.54 Å². The first-order valence-electron chi connectivity index (χ1n) is 6.41. The molecule has 2 unspecified atom stereocenters. The molecule has 0 spiro atoms. The molecule has 19 heavy (non-hydrogen) atoms. The van der Waals surface area contributed by atoms with E-state index < -0.39 is 0 Å². The van der Waals surface area contributed by atoms with Gasteiger partial charge in [-0.1, -0.05) is 35.0 Å². The fourth-order valence-corrected chi connectivity index (χ4v) is 2.04. The highest BCUT2D eigenvalue weighted by atomic mass is 79.9. The number of carbonyl (C=O) groups is 1. The molecule has 106 valence electrons. The fraction of sp³-hybridized carbons (Fsp3) is 0.500. The van der Waals surface area contributed by atoms with Crippen LogP contribution in [0.1, 0.15) is 25.8 Å². The molecule has 0 fully saturated rings. The molecule has 3 N–H and O–H groups in total. The number of carbonyl (C=O) groups excluding carboxylic acids is 1. The average Bonchev–Trinajstić information content (AvgIpc) is 2.35. The first-order valence-corrected chi connectivity index (χ1v) is 7.21. The second-order valence-corrected chi connectivity index (χ2v) is 5.80. The first kappa shape index (κ1) is 16.0. The van der Waals surface area contributed by atoms with Gasteiger partial charge in [0.15, 0.2) is 0 Å². The van der Waals surface area contributed by atoms with Gasteiger partial charge in [0.1, 0.15) is 0 Å². The van der Waals surface area contributed by atoms with Crippen molar-refractivity contribution in [1.29, 1.82) is 0 Å². The third-order valence-corrected chi connectivity index (χ3v) is 3.25. The zero-order valence-corrected chi connectivity index (χ0v) is 12.9. The van der Waals surface area contributed by atoms with Crippen LogP contribution < -0.4 is 10.6 Å². The highest BCUT2D eigenvalue weighted by molar-refractivity contribution is 9.10. The van der Waals surface area contributed by atoms with E-state index >= 15 is 0 Å². The Hall–Kier alpha value is -1.07. The number of aliphatic hydroxyl groups excluding tert-OH is 1. The van der Waals surface area contributed by atoms with Crippen molar-refractivity contribution in [1.82, 2.24) is 10.6 Å². The van der Waals surface area contributed by atoms with Gasteiger partial charge in [0.05, 0.1) is 6.10 Å². The molecule has 0 saturated carbocycles. The quantitative estimate of drug-likeness (QED) is 0.751. The Labute approximate surface area is 122 Å². The average molecular weight is 329 g/mol. The second-order valence-electron chi connectivity index (χ2n) is 4.88. The molecular weight excluding hydrogens is 308 g/mol. The normalized spacial score (nSPS) is 13.7. The molecule has 0 radical (unpaired) electrons. The molecule has 5 heteroatoms. The molecule has 0 bridgehead atoms. The number of benzene rings is 1. The lowest BCUT2D eigenvalue weighted by Crippen LogP contribution is -2.37. The van der Waals surface area contributed by atoms with Gasteiger partial charge in [-0.3, -0.25) is 0 Å². The maximum absolute atomic E-state index is 11.6. The van der Waals surface area contributed by atoms with Gasteiger partial charge in [-0.2, -0.15) is 0 Å². The SMILES string of the molecule is CC(O)CC(C)CNC(=O)NCc1ccc(Br)cc1. The highest BCUT2D eigenvalue weighted by Crippen LogP contribution is 2.10. The minimum Gasteiger partial charge on any atom is -0.393 e. The van der Waals surface area contributed by atoms with E-state index in [-0.39, 0.29) is 18.1 Å². The van der Waals surface area contributed by atoms with E-state index in [2.05, 4.69) is 26.6 Å². The first-order chi connectivity index (χ1) is 8.97. The Bertz CT molecular complexity index is 393. The van der Waals surface area contributed by atoms with Crippen LogP contribution in [0.2, 0.25) is 0 Å². The summed E-state index contributed by atoms with van der Waals surface area (Å²) in [6, 6.07) is 7.63. The summed E-state index contributed by atoms with van der Waals surface area (Å²) in [5.74, 6) is 0.262. The Morgan fingerprint density at radius 2 is 1.89 bits per heavy atom. The summed E-state index contributed by atoms with van der Waals surface area (Å²) in [6.07, 6.45) is 0.357. The molecule has 0 aliphatic rings. The third kappa shape index (κ3) is 7.18. The van der Waals surface area contributed by atoms with Crippen LogP contribution in [0.5, 0.6) is 0 Å². The van der Waals surface area contributed by atoms with Crippen molar-refractivity contribution >= 4 is 22.0 Å². The van der Waals surface area contributed by atoms with Gasteiger partial charge in [-0.25, -0.2) is 4.79 Å².